The van der Waals surface area contributed by atoms with Crippen LogP contribution in [0.1, 0.15) is 34.3 Å². The molecule has 0 aromatic carbocycles. The number of nitrogens with one attached hydrogen (secondary N) is 1. The molecule has 122 valence electrons. The number of H-pyrrole nitrogens is 1. The van der Waals surface area contributed by atoms with E-state index in [0.717, 1.165) is 18.1 Å². The Bertz CT molecular complexity index is 705. The van der Waals surface area contributed by atoms with Gasteiger partial charge in [0, 0.05) is 32.6 Å². The number of ether oxygens (including phenoxy) is 1. The predicted octanol–water partition coefficient (Wildman–Crippen LogP) is 1.81. The van der Waals surface area contributed by atoms with Crippen molar-refractivity contribution in [3.63, 3.8) is 0 Å². The standard InChI is InChI=1S/C15H18ClN5O2/c1-9-18-14(20-19-9)11-4-6-23-13(11)8-21(2)15(22)10-3-5-17-7-12(10)16/h3,5,7,11,13H,4,6,8H2,1-2H3,(H,18,19,20)/t11-,13-/m1/s1. The zero-order valence-corrected chi connectivity index (χ0v) is 13.7. The van der Waals surface area contributed by atoms with E-state index >= 15 is 0 Å². The van der Waals surface area contributed by atoms with Crippen LogP contribution in [-0.4, -0.2) is 57.3 Å². The highest BCUT2D eigenvalue weighted by Gasteiger charge is 2.34. The second-order valence-electron chi connectivity index (χ2n) is 5.62. The molecule has 0 spiro atoms. The molecule has 3 rings (SSSR count). The molecule has 23 heavy (non-hydrogen) atoms. The van der Waals surface area contributed by atoms with Crippen molar-refractivity contribution in [1.82, 2.24) is 25.1 Å². The third kappa shape index (κ3) is 3.35. The van der Waals surface area contributed by atoms with Gasteiger partial charge in [-0.2, -0.15) is 5.10 Å². The average molecular weight is 336 g/mol. The van der Waals surface area contributed by atoms with Crippen LogP contribution in [0.5, 0.6) is 0 Å². The summed E-state index contributed by atoms with van der Waals surface area (Å²) in [7, 11) is 1.74. The number of pyridine rings is 1. The third-order valence-corrected chi connectivity index (χ3v) is 4.26. The van der Waals surface area contributed by atoms with Crippen LogP contribution < -0.4 is 0 Å². The Hall–Kier alpha value is -1.99. The summed E-state index contributed by atoms with van der Waals surface area (Å²) in [6.45, 7) is 2.96. The normalized spacial score (nSPS) is 20.7. The summed E-state index contributed by atoms with van der Waals surface area (Å²) in [5.41, 5.74) is 0.437. The van der Waals surface area contributed by atoms with Gasteiger partial charge in [-0.25, -0.2) is 4.98 Å². The van der Waals surface area contributed by atoms with Crippen molar-refractivity contribution in [2.75, 3.05) is 20.2 Å². The van der Waals surface area contributed by atoms with Crippen molar-refractivity contribution in [1.29, 1.82) is 0 Å². The Morgan fingerprint density at radius 3 is 3.09 bits per heavy atom. The van der Waals surface area contributed by atoms with E-state index in [1.54, 1.807) is 24.2 Å². The number of halogens is 1. The third-order valence-electron chi connectivity index (χ3n) is 3.96. The maximum absolute atomic E-state index is 12.5. The zero-order chi connectivity index (χ0) is 16.4. The first-order chi connectivity index (χ1) is 11.1. The van der Waals surface area contributed by atoms with E-state index in [0.29, 0.717) is 23.7 Å². The zero-order valence-electron chi connectivity index (χ0n) is 13.0. The van der Waals surface area contributed by atoms with Crippen molar-refractivity contribution in [3.05, 3.63) is 40.7 Å². The fourth-order valence-corrected chi connectivity index (χ4v) is 2.96. The summed E-state index contributed by atoms with van der Waals surface area (Å²) in [6.07, 6.45) is 3.74. The summed E-state index contributed by atoms with van der Waals surface area (Å²) in [6, 6.07) is 1.62. The van der Waals surface area contributed by atoms with Gasteiger partial charge in [0.1, 0.15) is 5.82 Å². The van der Waals surface area contributed by atoms with E-state index in [1.807, 2.05) is 6.92 Å². The second-order valence-corrected chi connectivity index (χ2v) is 6.03. The molecule has 1 saturated heterocycles. The van der Waals surface area contributed by atoms with Gasteiger partial charge in [0.15, 0.2) is 5.82 Å². The smallest absolute Gasteiger partial charge is 0.255 e. The van der Waals surface area contributed by atoms with Gasteiger partial charge >= 0.3 is 0 Å². The first kappa shape index (κ1) is 15.9. The van der Waals surface area contributed by atoms with Gasteiger partial charge in [0.2, 0.25) is 0 Å². The Kier molecular flexibility index (Phi) is 4.58. The lowest BCUT2D eigenvalue weighted by molar-refractivity contribution is 0.0550. The lowest BCUT2D eigenvalue weighted by Crippen LogP contribution is -2.36. The average Bonchev–Trinajstić information content (AvgIpc) is 3.15. The van der Waals surface area contributed by atoms with Crippen LogP contribution in [-0.2, 0) is 4.74 Å². The molecular formula is C15H18ClN5O2. The molecule has 1 fully saturated rings. The molecule has 0 saturated carbocycles. The molecular weight excluding hydrogens is 318 g/mol. The van der Waals surface area contributed by atoms with Crippen molar-refractivity contribution >= 4 is 17.5 Å². The lowest BCUT2D eigenvalue weighted by atomic mass is 10.0. The highest BCUT2D eigenvalue weighted by atomic mass is 35.5. The van der Waals surface area contributed by atoms with Gasteiger partial charge in [-0.1, -0.05) is 11.6 Å². The molecule has 0 unspecified atom stereocenters. The number of hydrogen-bond donors (Lipinski definition) is 1. The van der Waals surface area contributed by atoms with Gasteiger partial charge in [-0.05, 0) is 19.4 Å². The summed E-state index contributed by atoms with van der Waals surface area (Å²) in [5, 5.41) is 7.42. The van der Waals surface area contributed by atoms with E-state index in [4.69, 9.17) is 16.3 Å². The minimum absolute atomic E-state index is 0.0862. The van der Waals surface area contributed by atoms with Gasteiger partial charge in [-0.3, -0.25) is 14.9 Å². The highest BCUT2D eigenvalue weighted by molar-refractivity contribution is 6.33. The monoisotopic (exact) mass is 335 g/mol. The second kappa shape index (κ2) is 6.64. The first-order valence-corrected chi connectivity index (χ1v) is 7.79. The number of rotatable bonds is 4. The fourth-order valence-electron chi connectivity index (χ4n) is 2.76. The lowest BCUT2D eigenvalue weighted by Gasteiger charge is -2.24. The highest BCUT2D eigenvalue weighted by Crippen LogP contribution is 2.30. The maximum Gasteiger partial charge on any atom is 0.255 e. The van der Waals surface area contributed by atoms with Crippen LogP contribution in [0.3, 0.4) is 0 Å². The molecule has 2 aromatic heterocycles. The first-order valence-electron chi connectivity index (χ1n) is 7.41. The maximum atomic E-state index is 12.5. The molecule has 1 aliphatic rings. The van der Waals surface area contributed by atoms with Crippen LogP contribution in [0.25, 0.3) is 0 Å². The Balaban J connectivity index is 1.70. The van der Waals surface area contributed by atoms with E-state index in [-0.39, 0.29) is 17.9 Å². The minimum Gasteiger partial charge on any atom is -0.376 e. The molecule has 2 atom stereocenters. The van der Waals surface area contributed by atoms with E-state index in [2.05, 4.69) is 20.2 Å². The summed E-state index contributed by atoms with van der Waals surface area (Å²) < 4.78 is 5.78. The predicted molar refractivity (Wildman–Crippen MR) is 84.4 cm³/mol. The van der Waals surface area contributed by atoms with Gasteiger partial charge in [0.05, 0.1) is 22.6 Å². The summed E-state index contributed by atoms with van der Waals surface area (Å²) >= 11 is 6.04. The Morgan fingerprint density at radius 1 is 1.57 bits per heavy atom. The van der Waals surface area contributed by atoms with E-state index < -0.39 is 0 Å². The van der Waals surface area contributed by atoms with Crippen LogP contribution >= 0.6 is 11.6 Å². The quantitative estimate of drug-likeness (QED) is 0.921. The molecule has 7 nitrogen and oxygen atoms in total. The number of carbonyl (C=O) groups excluding carboxylic acids is 1. The van der Waals surface area contributed by atoms with Gasteiger partial charge in [-0.15, -0.1) is 0 Å². The van der Waals surface area contributed by atoms with Crippen molar-refractivity contribution in [2.45, 2.75) is 25.4 Å². The SMILES string of the molecule is Cc1nc([C@@H]2CCO[C@@H]2CN(C)C(=O)c2ccncc2Cl)n[nH]1. The van der Waals surface area contributed by atoms with Gasteiger partial charge in [0.25, 0.3) is 5.91 Å². The molecule has 0 aliphatic carbocycles. The number of aromatic amines is 1. The van der Waals surface area contributed by atoms with Crippen molar-refractivity contribution < 1.29 is 9.53 Å². The molecule has 8 heteroatoms. The van der Waals surface area contributed by atoms with E-state index in [9.17, 15) is 4.79 Å². The number of likely N-dealkylation sites (N-methyl/N-ethyl adjacent to an activating group) is 1. The number of nitrogens with zero attached hydrogens (tertiary/aromatic N) is 4. The van der Waals surface area contributed by atoms with E-state index in [1.165, 1.54) is 6.20 Å². The van der Waals surface area contributed by atoms with Gasteiger partial charge < -0.3 is 9.64 Å². The topological polar surface area (TPSA) is 84.0 Å². The summed E-state index contributed by atoms with van der Waals surface area (Å²) in [5.74, 6) is 1.45. The van der Waals surface area contributed by atoms with Crippen LogP contribution in [0, 0.1) is 6.92 Å². The molecule has 3 heterocycles. The molecule has 1 N–H and O–H groups in total. The molecule has 0 radical (unpaired) electrons. The largest absolute Gasteiger partial charge is 0.376 e. The molecule has 1 amide bonds. The number of hydrogen-bond acceptors (Lipinski definition) is 5. The van der Waals surface area contributed by atoms with Crippen LogP contribution in [0.4, 0.5) is 0 Å². The number of carbonyl (C=O) groups is 1. The van der Waals surface area contributed by atoms with Crippen molar-refractivity contribution in [3.8, 4) is 0 Å². The van der Waals surface area contributed by atoms with Crippen LogP contribution in [0.15, 0.2) is 18.5 Å². The minimum atomic E-state index is -0.155. The fraction of sp³-hybridized carbons (Fsp3) is 0.467. The number of amides is 1. The number of aromatic nitrogens is 4. The number of aryl methyl sites for hydroxylation is 1. The Morgan fingerprint density at radius 2 is 2.39 bits per heavy atom. The molecule has 0 bridgehead atoms. The molecule has 2 aromatic rings. The van der Waals surface area contributed by atoms with Crippen molar-refractivity contribution in [2.24, 2.45) is 0 Å². The summed E-state index contributed by atoms with van der Waals surface area (Å²) in [4.78, 5) is 22.4. The Labute approximate surface area is 139 Å². The van der Waals surface area contributed by atoms with Crippen LogP contribution in [0.2, 0.25) is 5.02 Å². The molecule has 1 aliphatic heterocycles.